The van der Waals surface area contributed by atoms with Crippen LogP contribution in [0, 0.1) is 0 Å². The molecule has 1 atom stereocenters. The number of carbonyl (C=O) groups is 2. The summed E-state index contributed by atoms with van der Waals surface area (Å²) in [6, 6.07) is 4.07. The Hall–Kier alpha value is -2.07. The van der Waals surface area contributed by atoms with Gasteiger partial charge in [-0.15, -0.1) is 0 Å². The third-order valence-corrected chi connectivity index (χ3v) is 4.69. The second-order valence-corrected chi connectivity index (χ2v) is 6.70. The van der Waals surface area contributed by atoms with Crippen LogP contribution in [0.2, 0.25) is 0 Å². The lowest BCUT2D eigenvalue weighted by atomic mass is 10.1. The maximum absolute atomic E-state index is 12.4. The highest BCUT2D eigenvalue weighted by molar-refractivity contribution is 7.91. The van der Waals surface area contributed by atoms with E-state index in [9.17, 15) is 26.8 Å². The van der Waals surface area contributed by atoms with Crippen LogP contribution in [-0.2, 0) is 19.4 Å². The fourth-order valence-electron chi connectivity index (χ4n) is 2.06. The number of hydrogen-bond donors (Lipinski definition) is 1. The fourth-order valence-corrected chi connectivity index (χ4v) is 2.78. The van der Waals surface area contributed by atoms with Crippen molar-refractivity contribution in [3.05, 3.63) is 29.8 Å². The van der Waals surface area contributed by atoms with Crippen LogP contribution in [0.5, 0.6) is 0 Å². The van der Waals surface area contributed by atoms with E-state index in [1.54, 1.807) is 0 Å². The number of alkyl halides is 2. The van der Waals surface area contributed by atoms with Gasteiger partial charge in [-0.3, -0.25) is 4.79 Å². The number of morpholine rings is 1. The predicted octanol–water partition coefficient (Wildman–Crippen LogP) is 0.609. The zero-order valence-electron chi connectivity index (χ0n) is 11.7. The van der Waals surface area contributed by atoms with Crippen molar-refractivity contribution < 1.29 is 36.6 Å². The van der Waals surface area contributed by atoms with Gasteiger partial charge in [-0.2, -0.15) is 8.78 Å². The first kappa shape index (κ1) is 17.3. The average Bonchev–Trinajstić information content (AvgIpc) is 2.54. The molecule has 7 nitrogen and oxygen atoms in total. The Balaban J connectivity index is 2.16. The maximum Gasteiger partial charge on any atom is 0.341 e. The second-order valence-electron chi connectivity index (χ2n) is 4.78. The van der Waals surface area contributed by atoms with E-state index in [2.05, 4.69) is 0 Å². The zero-order valence-corrected chi connectivity index (χ0v) is 12.5. The van der Waals surface area contributed by atoms with Crippen LogP contribution >= 0.6 is 0 Å². The average molecular weight is 349 g/mol. The summed E-state index contributed by atoms with van der Waals surface area (Å²) in [4.78, 5) is 23.8. The van der Waals surface area contributed by atoms with Crippen molar-refractivity contribution in [3.63, 3.8) is 0 Å². The molecule has 10 heteroatoms. The lowest BCUT2D eigenvalue weighted by Gasteiger charge is -2.30. The number of benzene rings is 1. The Labute approximate surface area is 130 Å². The van der Waals surface area contributed by atoms with E-state index in [1.165, 1.54) is 4.90 Å². The number of hydrogen-bond acceptors (Lipinski definition) is 5. The molecular formula is C13H13F2NO6S. The van der Waals surface area contributed by atoms with Gasteiger partial charge in [-0.05, 0) is 24.3 Å². The molecule has 1 unspecified atom stereocenters. The van der Waals surface area contributed by atoms with Crippen LogP contribution in [0.25, 0.3) is 0 Å². The number of amides is 1. The van der Waals surface area contributed by atoms with Crippen LogP contribution in [0.15, 0.2) is 29.2 Å². The molecule has 1 aromatic carbocycles. The van der Waals surface area contributed by atoms with Gasteiger partial charge in [0.15, 0.2) is 6.10 Å². The maximum atomic E-state index is 12.4. The van der Waals surface area contributed by atoms with Gasteiger partial charge in [0.05, 0.1) is 18.0 Å². The zero-order chi connectivity index (χ0) is 17.2. The first-order valence-corrected chi connectivity index (χ1v) is 8.04. The second kappa shape index (κ2) is 6.59. The van der Waals surface area contributed by atoms with E-state index in [4.69, 9.17) is 9.84 Å². The van der Waals surface area contributed by atoms with Crippen molar-refractivity contribution in [1.29, 1.82) is 0 Å². The standard InChI is InChI=1S/C13H13F2NO6S/c14-13(15)23(20,21)9-3-1-8(2-4-9)11(17)16-5-6-22-10(7-16)12(18)19/h1-4,10,13H,5-7H2,(H,18,19). The molecule has 126 valence electrons. The smallest absolute Gasteiger partial charge is 0.341 e. The van der Waals surface area contributed by atoms with E-state index in [0.29, 0.717) is 0 Å². The number of carbonyl (C=O) groups excluding carboxylic acids is 1. The molecule has 1 N–H and O–H groups in total. The SMILES string of the molecule is O=C(O)C1CN(C(=O)c2ccc(S(=O)(=O)C(F)F)cc2)CCO1. The number of aliphatic carboxylic acids is 1. The molecule has 0 aromatic heterocycles. The van der Waals surface area contributed by atoms with Gasteiger partial charge in [0.25, 0.3) is 5.91 Å². The molecule has 0 saturated carbocycles. The summed E-state index contributed by atoms with van der Waals surface area (Å²) >= 11 is 0. The Morgan fingerprint density at radius 3 is 2.39 bits per heavy atom. The topological polar surface area (TPSA) is 101 Å². The predicted molar refractivity (Wildman–Crippen MR) is 72.9 cm³/mol. The number of sulfone groups is 1. The molecule has 1 saturated heterocycles. The van der Waals surface area contributed by atoms with E-state index >= 15 is 0 Å². The first-order chi connectivity index (χ1) is 10.7. The fraction of sp³-hybridized carbons (Fsp3) is 0.385. The normalized spacial score (nSPS) is 18.9. The van der Waals surface area contributed by atoms with E-state index in [0.717, 1.165) is 24.3 Å². The Kier molecular flexibility index (Phi) is 4.95. The van der Waals surface area contributed by atoms with Gasteiger partial charge in [-0.1, -0.05) is 0 Å². The lowest BCUT2D eigenvalue weighted by molar-refractivity contribution is -0.154. The van der Waals surface area contributed by atoms with Gasteiger partial charge in [-0.25, -0.2) is 13.2 Å². The van der Waals surface area contributed by atoms with E-state index < -0.39 is 38.5 Å². The lowest BCUT2D eigenvalue weighted by Crippen LogP contribution is -2.48. The minimum absolute atomic E-state index is 0.0561. The summed E-state index contributed by atoms with van der Waals surface area (Å²) in [7, 11) is -4.72. The molecular weight excluding hydrogens is 336 g/mol. The number of ether oxygens (including phenoxy) is 1. The molecule has 1 fully saturated rings. The monoisotopic (exact) mass is 349 g/mol. The molecule has 0 aliphatic carbocycles. The van der Waals surface area contributed by atoms with Gasteiger partial charge >= 0.3 is 11.7 Å². The highest BCUT2D eigenvalue weighted by Crippen LogP contribution is 2.19. The summed E-state index contributed by atoms with van der Waals surface area (Å²) in [5.74, 6) is -5.26. The number of halogens is 2. The highest BCUT2D eigenvalue weighted by Gasteiger charge is 2.30. The van der Waals surface area contributed by atoms with Crippen LogP contribution in [0.4, 0.5) is 8.78 Å². The van der Waals surface area contributed by atoms with Crippen molar-refractivity contribution in [2.75, 3.05) is 19.7 Å². The third-order valence-electron chi connectivity index (χ3n) is 3.29. The number of nitrogens with zero attached hydrogens (tertiary/aromatic N) is 1. The van der Waals surface area contributed by atoms with Gasteiger partial charge in [0.2, 0.25) is 9.84 Å². The number of carboxylic acids is 1. The number of carboxylic acid groups (broad SMARTS) is 1. The van der Waals surface area contributed by atoms with Crippen LogP contribution in [0.3, 0.4) is 0 Å². The molecule has 0 spiro atoms. The number of rotatable bonds is 4. The molecule has 2 rings (SSSR count). The molecule has 1 amide bonds. The quantitative estimate of drug-likeness (QED) is 0.855. The molecule has 1 aromatic rings. The summed E-state index contributed by atoms with van der Waals surface area (Å²) in [6.07, 6.45) is -1.13. The Bertz CT molecular complexity index is 704. The van der Waals surface area contributed by atoms with Gasteiger partial charge in [0, 0.05) is 12.1 Å². The third kappa shape index (κ3) is 3.64. The van der Waals surface area contributed by atoms with Crippen LogP contribution < -0.4 is 0 Å². The molecule has 0 radical (unpaired) electrons. The molecule has 0 bridgehead atoms. The van der Waals surface area contributed by atoms with Crippen molar-refractivity contribution in [1.82, 2.24) is 4.90 Å². The Morgan fingerprint density at radius 2 is 1.87 bits per heavy atom. The van der Waals surface area contributed by atoms with E-state index in [1.807, 2.05) is 0 Å². The molecule has 23 heavy (non-hydrogen) atoms. The summed E-state index contributed by atoms with van der Waals surface area (Å²) in [5, 5.41) is 8.89. The molecule has 1 aliphatic heterocycles. The summed E-state index contributed by atoms with van der Waals surface area (Å²) in [6.45, 7) is 0.0888. The van der Waals surface area contributed by atoms with Crippen molar-refractivity contribution >= 4 is 21.7 Å². The van der Waals surface area contributed by atoms with Crippen molar-refractivity contribution in [3.8, 4) is 0 Å². The first-order valence-electron chi connectivity index (χ1n) is 6.49. The van der Waals surface area contributed by atoms with Gasteiger partial charge < -0.3 is 14.7 Å². The van der Waals surface area contributed by atoms with Crippen molar-refractivity contribution in [2.24, 2.45) is 0 Å². The van der Waals surface area contributed by atoms with Gasteiger partial charge in [0.1, 0.15) is 0 Å². The minimum Gasteiger partial charge on any atom is -0.479 e. The summed E-state index contributed by atoms with van der Waals surface area (Å²) in [5.41, 5.74) is 0.0734. The Morgan fingerprint density at radius 1 is 1.26 bits per heavy atom. The minimum atomic E-state index is -4.72. The largest absolute Gasteiger partial charge is 0.479 e. The summed E-state index contributed by atoms with van der Waals surface area (Å²) < 4.78 is 52.5. The van der Waals surface area contributed by atoms with Crippen molar-refractivity contribution in [2.45, 2.75) is 16.8 Å². The van der Waals surface area contributed by atoms with Crippen LogP contribution in [0.1, 0.15) is 10.4 Å². The molecule has 1 aliphatic rings. The highest BCUT2D eigenvalue weighted by atomic mass is 32.2. The van der Waals surface area contributed by atoms with Crippen LogP contribution in [-0.4, -0.2) is 61.9 Å². The van der Waals surface area contributed by atoms with E-state index in [-0.39, 0.29) is 25.3 Å². The molecule has 1 heterocycles.